The maximum absolute atomic E-state index is 12.3. The molecule has 0 aromatic heterocycles. The highest BCUT2D eigenvalue weighted by Crippen LogP contribution is 2.21. The lowest BCUT2D eigenvalue weighted by molar-refractivity contribution is 0.0599. The Kier molecular flexibility index (Phi) is 7.33. The zero-order valence-electron chi connectivity index (χ0n) is 14.7. The Labute approximate surface area is 175 Å². The van der Waals surface area contributed by atoms with E-state index in [1.807, 2.05) is 0 Å². The number of carbonyl (C=O) groups excluding carboxylic acids is 3. The summed E-state index contributed by atoms with van der Waals surface area (Å²) in [4.78, 5) is 35.9. The Hall–Kier alpha value is -2.68. The van der Waals surface area contributed by atoms with Crippen molar-refractivity contribution in [1.82, 2.24) is 5.32 Å². The molecule has 146 valence electrons. The minimum Gasteiger partial charge on any atom is -0.465 e. The van der Waals surface area contributed by atoms with E-state index in [9.17, 15) is 14.4 Å². The largest absolute Gasteiger partial charge is 0.465 e. The quantitative estimate of drug-likeness (QED) is 0.552. The number of thiocarbonyl (C=S) groups is 1. The van der Waals surface area contributed by atoms with Crippen molar-refractivity contribution in [3.8, 4) is 0 Å². The van der Waals surface area contributed by atoms with E-state index in [2.05, 4.69) is 20.1 Å². The van der Waals surface area contributed by atoms with Crippen molar-refractivity contribution in [2.24, 2.45) is 0 Å². The van der Waals surface area contributed by atoms with E-state index < -0.39 is 17.8 Å². The van der Waals surface area contributed by atoms with Crippen LogP contribution in [-0.2, 0) is 9.47 Å². The first-order valence-corrected chi connectivity index (χ1v) is 8.80. The van der Waals surface area contributed by atoms with Crippen molar-refractivity contribution in [3.63, 3.8) is 0 Å². The van der Waals surface area contributed by atoms with Gasteiger partial charge in [0.25, 0.3) is 5.91 Å². The van der Waals surface area contributed by atoms with Gasteiger partial charge in [-0.2, -0.15) is 0 Å². The Morgan fingerprint density at radius 1 is 0.929 bits per heavy atom. The Balaban J connectivity index is 2.21. The van der Waals surface area contributed by atoms with Crippen LogP contribution >= 0.6 is 35.4 Å². The standard InChI is InChI=1S/C18H14Cl2N2O5S/c1-26-16(24)9-5-10(17(25)27-2)7-12(6-9)21-18(28)22-15(23)13-4-3-11(19)8-14(13)20/h3-8H,1-2H3,(H2,21,22,23,28). The topological polar surface area (TPSA) is 93.7 Å². The van der Waals surface area contributed by atoms with Crippen LogP contribution in [0.4, 0.5) is 5.69 Å². The molecule has 0 aliphatic heterocycles. The Bertz CT molecular complexity index is 931. The highest BCUT2D eigenvalue weighted by molar-refractivity contribution is 7.80. The lowest BCUT2D eigenvalue weighted by Crippen LogP contribution is -2.34. The molecule has 0 aliphatic carbocycles. The number of amides is 1. The number of benzene rings is 2. The zero-order chi connectivity index (χ0) is 20.8. The summed E-state index contributed by atoms with van der Waals surface area (Å²) in [6.45, 7) is 0. The second-order valence-corrected chi connectivity index (χ2v) is 6.57. The fourth-order valence-corrected chi connectivity index (χ4v) is 2.88. The van der Waals surface area contributed by atoms with Crippen molar-refractivity contribution >= 4 is 64.1 Å². The van der Waals surface area contributed by atoms with Crippen molar-refractivity contribution in [2.75, 3.05) is 19.5 Å². The number of hydrogen-bond acceptors (Lipinski definition) is 6. The molecule has 28 heavy (non-hydrogen) atoms. The summed E-state index contributed by atoms with van der Waals surface area (Å²) in [5.74, 6) is -1.87. The molecule has 10 heteroatoms. The van der Waals surface area contributed by atoms with Gasteiger partial charge in [0.05, 0.1) is 35.9 Å². The van der Waals surface area contributed by atoms with Crippen molar-refractivity contribution < 1.29 is 23.9 Å². The van der Waals surface area contributed by atoms with Gasteiger partial charge in [0.2, 0.25) is 0 Å². The van der Waals surface area contributed by atoms with Gasteiger partial charge in [-0.25, -0.2) is 9.59 Å². The third-order valence-electron chi connectivity index (χ3n) is 3.44. The summed E-state index contributed by atoms with van der Waals surface area (Å²) in [6.07, 6.45) is 0. The second kappa shape index (κ2) is 9.50. The van der Waals surface area contributed by atoms with Crippen molar-refractivity contribution in [2.45, 2.75) is 0 Å². The third kappa shape index (κ3) is 5.41. The van der Waals surface area contributed by atoms with Gasteiger partial charge >= 0.3 is 11.9 Å². The van der Waals surface area contributed by atoms with Gasteiger partial charge in [0.15, 0.2) is 5.11 Å². The van der Waals surface area contributed by atoms with E-state index in [1.54, 1.807) is 0 Å². The van der Waals surface area contributed by atoms with Crippen LogP contribution in [0.1, 0.15) is 31.1 Å². The SMILES string of the molecule is COC(=O)c1cc(NC(=S)NC(=O)c2ccc(Cl)cc2Cl)cc(C(=O)OC)c1. The van der Waals surface area contributed by atoms with E-state index in [0.717, 1.165) is 0 Å². The number of halogens is 2. The molecule has 0 bridgehead atoms. The van der Waals surface area contributed by atoms with E-state index in [1.165, 1.54) is 50.6 Å². The van der Waals surface area contributed by atoms with E-state index >= 15 is 0 Å². The molecule has 7 nitrogen and oxygen atoms in total. The van der Waals surface area contributed by atoms with Crippen LogP contribution in [0.2, 0.25) is 10.0 Å². The van der Waals surface area contributed by atoms with Gasteiger partial charge in [-0.05, 0) is 48.6 Å². The first kappa shape index (κ1) is 21.6. The number of nitrogens with one attached hydrogen (secondary N) is 2. The average Bonchev–Trinajstić information content (AvgIpc) is 2.65. The molecule has 0 fully saturated rings. The average molecular weight is 441 g/mol. The molecule has 0 spiro atoms. The van der Waals surface area contributed by atoms with Gasteiger partial charge in [-0.3, -0.25) is 10.1 Å². The number of methoxy groups -OCH3 is 2. The molecule has 0 unspecified atom stereocenters. The molecular formula is C18H14Cl2N2O5S. The van der Waals surface area contributed by atoms with Crippen LogP contribution in [0.5, 0.6) is 0 Å². The summed E-state index contributed by atoms with van der Waals surface area (Å²) in [5.41, 5.74) is 0.648. The van der Waals surface area contributed by atoms with Gasteiger partial charge in [0, 0.05) is 10.7 Å². The molecular weight excluding hydrogens is 427 g/mol. The number of anilines is 1. The number of carbonyl (C=O) groups is 3. The van der Waals surface area contributed by atoms with Crippen LogP contribution in [0.15, 0.2) is 36.4 Å². The number of hydrogen-bond donors (Lipinski definition) is 2. The minimum atomic E-state index is -0.656. The first-order valence-electron chi connectivity index (χ1n) is 7.64. The molecule has 0 heterocycles. The summed E-state index contributed by atoms with van der Waals surface area (Å²) in [7, 11) is 2.42. The fraction of sp³-hybridized carbons (Fsp3) is 0.111. The lowest BCUT2D eigenvalue weighted by Gasteiger charge is -2.12. The fourth-order valence-electron chi connectivity index (χ4n) is 2.18. The second-order valence-electron chi connectivity index (χ2n) is 5.31. The molecule has 2 rings (SSSR count). The molecule has 0 saturated heterocycles. The molecule has 0 saturated carbocycles. The van der Waals surface area contributed by atoms with Gasteiger partial charge < -0.3 is 14.8 Å². The van der Waals surface area contributed by atoms with E-state index in [-0.39, 0.29) is 32.5 Å². The van der Waals surface area contributed by atoms with E-state index in [0.29, 0.717) is 5.02 Å². The highest BCUT2D eigenvalue weighted by atomic mass is 35.5. The van der Waals surface area contributed by atoms with Gasteiger partial charge in [-0.15, -0.1) is 0 Å². The van der Waals surface area contributed by atoms with Crippen molar-refractivity contribution in [1.29, 1.82) is 0 Å². The molecule has 0 atom stereocenters. The van der Waals surface area contributed by atoms with Crippen LogP contribution in [-0.4, -0.2) is 37.2 Å². The van der Waals surface area contributed by atoms with Crippen LogP contribution < -0.4 is 10.6 Å². The van der Waals surface area contributed by atoms with Crippen LogP contribution in [0, 0.1) is 0 Å². The molecule has 0 radical (unpaired) electrons. The van der Waals surface area contributed by atoms with Gasteiger partial charge in [0.1, 0.15) is 0 Å². The Morgan fingerprint density at radius 3 is 2.00 bits per heavy atom. The number of esters is 2. The molecule has 2 N–H and O–H groups in total. The van der Waals surface area contributed by atoms with Crippen LogP contribution in [0.3, 0.4) is 0 Å². The third-order valence-corrected chi connectivity index (χ3v) is 4.19. The molecule has 1 amide bonds. The number of rotatable bonds is 4. The monoisotopic (exact) mass is 440 g/mol. The summed E-state index contributed by atoms with van der Waals surface area (Å²) < 4.78 is 9.33. The zero-order valence-corrected chi connectivity index (χ0v) is 17.0. The molecule has 0 aliphatic rings. The summed E-state index contributed by atoms with van der Waals surface area (Å²) >= 11 is 16.9. The smallest absolute Gasteiger partial charge is 0.337 e. The summed E-state index contributed by atoms with van der Waals surface area (Å²) in [6, 6.07) is 8.53. The number of ether oxygens (including phenoxy) is 2. The first-order chi connectivity index (χ1) is 13.2. The van der Waals surface area contributed by atoms with E-state index in [4.69, 9.17) is 35.4 Å². The Morgan fingerprint density at radius 2 is 1.50 bits per heavy atom. The van der Waals surface area contributed by atoms with Crippen molar-refractivity contribution in [3.05, 3.63) is 63.1 Å². The normalized spacial score (nSPS) is 10.0. The predicted octanol–water partition coefficient (Wildman–Crippen LogP) is 3.69. The van der Waals surface area contributed by atoms with Gasteiger partial charge in [-0.1, -0.05) is 23.2 Å². The molecule has 2 aromatic rings. The maximum atomic E-state index is 12.3. The molecule has 2 aromatic carbocycles. The lowest BCUT2D eigenvalue weighted by atomic mass is 10.1. The maximum Gasteiger partial charge on any atom is 0.337 e. The highest BCUT2D eigenvalue weighted by Gasteiger charge is 2.16. The minimum absolute atomic E-state index is 0.0751. The predicted molar refractivity (Wildman–Crippen MR) is 109 cm³/mol. The summed E-state index contributed by atoms with van der Waals surface area (Å²) in [5, 5.41) is 5.65. The van der Waals surface area contributed by atoms with Crippen LogP contribution in [0.25, 0.3) is 0 Å².